The van der Waals surface area contributed by atoms with Crippen molar-refractivity contribution in [1.29, 1.82) is 0 Å². The predicted molar refractivity (Wildman–Crippen MR) is 64.0 cm³/mol. The maximum Gasteiger partial charge on any atom is 0.141 e. The zero-order valence-electron chi connectivity index (χ0n) is 10.1. The van der Waals surface area contributed by atoms with E-state index in [4.69, 9.17) is 4.74 Å². The van der Waals surface area contributed by atoms with Gasteiger partial charge in [0.05, 0.1) is 13.2 Å². The molecular weight excluding hydrogens is 202 g/mol. The first-order valence-electron chi connectivity index (χ1n) is 5.83. The van der Waals surface area contributed by atoms with Gasteiger partial charge in [0.15, 0.2) is 0 Å². The van der Waals surface area contributed by atoms with Gasteiger partial charge in [-0.15, -0.1) is 0 Å². The molecule has 0 saturated carbocycles. The van der Waals surface area contributed by atoms with E-state index in [1.165, 1.54) is 0 Å². The van der Waals surface area contributed by atoms with Crippen LogP contribution in [0.3, 0.4) is 0 Å². The van der Waals surface area contributed by atoms with Crippen LogP contribution in [0.5, 0.6) is 0 Å². The van der Waals surface area contributed by atoms with Crippen molar-refractivity contribution in [3.63, 3.8) is 0 Å². The number of ether oxygens (including phenoxy) is 1. The van der Waals surface area contributed by atoms with E-state index in [-0.39, 0.29) is 0 Å². The summed E-state index contributed by atoms with van der Waals surface area (Å²) in [5.74, 6) is 1.54. The molecule has 1 rings (SSSR count). The smallest absolute Gasteiger partial charge is 0.141 e. The summed E-state index contributed by atoms with van der Waals surface area (Å²) in [6.07, 6.45) is 4.63. The molecule has 0 radical (unpaired) electrons. The fraction of sp³-hybridized carbons (Fsp3) is 0.667. The van der Waals surface area contributed by atoms with Gasteiger partial charge in [-0.3, -0.25) is 0 Å². The Morgan fingerprint density at radius 3 is 2.69 bits per heavy atom. The summed E-state index contributed by atoms with van der Waals surface area (Å²) in [4.78, 5) is 8.24. The lowest BCUT2D eigenvalue weighted by Crippen LogP contribution is -2.20. The third-order valence-electron chi connectivity index (χ3n) is 2.17. The molecule has 0 aromatic carbocycles. The largest absolute Gasteiger partial charge is 0.380 e. The maximum atomic E-state index is 5.48. The van der Waals surface area contributed by atoms with Crippen molar-refractivity contribution in [2.24, 2.45) is 5.92 Å². The topological polar surface area (TPSA) is 47.0 Å². The van der Waals surface area contributed by atoms with Gasteiger partial charge in [0, 0.05) is 25.5 Å². The number of nitrogens with zero attached hydrogens (tertiary/aromatic N) is 2. The van der Waals surface area contributed by atoms with Crippen LogP contribution in [0.1, 0.15) is 26.1 Å². The van der Waals surface area contributed by atoms with E-state index in [2.05, 4.69) is 29.1 Å². The van der Waals surface area contributed by atoms with Crippen molar-refractivity contribution in [3.8, 4) is 0 Å². The summed E-state index contributed by atoms with van der Waals surface area (Å²) < 4.78 is 5.48. The average molecular weight is 223 g/mol. The molecule has 1 aromatic heterocycles. The second-order valence-corrected chi connectivity index (χ2v) is 4.14. The number of rotatable bonds is 8. The van der Waals surface area contributed by atoms with Gasteiger partial charge in [-0.2, -0.15) is 0 Å². The summed E-state index contributed by atoms with van der Waals surface area (Å²) in [5.41, 5.74) is 0. The molecule has 4 nitrogen and oxygen atoms in total. The van der Waals surface area contributed by atoms with Gasteiger partial charge in [-0.1, -0.05) is 13.8 Å². The summed E-state index contributed by atoms with van der Waals surface area (Å²) in [6, 6.07) is 1.82. The molecular formula is C12H21N3O. The molecule has 0 saturated heterocycles. The Labute approximate surface area is 97.5 Å². The highest BCUT2D eigenvalue weighted by atomic mass is 16.5. The second kappa shape index (κ2) is 8.19. The summed E-state index contributed by atoms with van der Waals surface area (Å²) >= 11 is 0. The Morgan fingerprint density at radius 1 is 1.25 bits per heavy atom. The first kappa shape index (κ1) is 13.1. The van der Waals surface area contributed by atoms with Crippen molar-refractivity contribution in [3.05, 3.63) is 24.3 Å². The van der Waals surface area contributed by atoms with Gasteiger partial charge in [0.1, 0.15) is 5.82 Å². The molecule has 0 atom stereocenters. The van der Waals surface area contributed by atoms with E-state index in [0.717, 1.165) is 32.0 Å². The van der Waals surface area contributed by atoms with Gasteiger partial charge in [-0.05, 0) is 18.4 Å². The van der Waals surface area contributed by atoms with Crippen LogP contribution >= 0.6 is 0 Å². The molecule has 0 amide bonds. The van der Waals surface area contributed by atoms with E-state index in [1.54, 1.807) is 12.4 Å². The Morgan fingerprint density at radius 2 is 2.00 bits per heavy atom. The third-order valence-corrected chi connectivity index (χ3v) is 2.17. The standard InChI is InChI=1S/C12H21N3O/c1-11(2)4-8-16-9-7-13-10-12-14-5-3-6-15-12/h3,5-6,11,13H,4,7-10H2,1-2H3. The average Bonchev–Trinajstić information content (AvgIpc) is 2.29. The van der Waals surface area contributed by atoms with E-state index in [0.29, 0.717) is 12.5 Å². The minimum Gasteiger partial charge on any atom is -0.380 e. The zero-order chi connectivity index (χ0) is 11.6. The molecule has 90 valence electrons. The monoisotopic (exact) mass is 223 g/mol. The van der Waals surface area contributed by atoms with Gasteiger partial charge in [-0.25, -0.2) is 9.97 Å². The zero-order valence-corrected chi connectivity index (χ0v) is 10.1. The Hall–Kier alpha value is -1.00. The molecule has 16 heavy (non-hydrogen) atoms. The van der Waals surface area contributed by atoms with E-state index in [1.807, 2.05) is 6.07 Å². The van der Waals surface area contributed by atoms with Crippen molar-refractivity contribution >= 4 is 0 Å². The van der Waals surface area contributed by atoms with Crippen LogP contribution < -0.4 is 5.32 Å². The SMILES string of the molecule is CC(C)CCOCCNCc1ncccn1. The Bertz CT molecular complexity index is 264. The van der Waals surface area contributed by atoms with Crippen molar-refractivity contribution < 1.29 is 4.74 Å². The molecule has 0 aliphatic heterocycles. The van der Waals surface area contributed by atoms with Gasteiger partial charge in [0.25, 0.3) is 0 Å². The van der Waals surface area contributed by atoms with Crippen LogP contribution in [-0.2, 0) is 11.3 Å². The Balaban J connectivity index is 1.93. The minimum atomic E-state index is 0.703. The molecule has 0 bridgehead atoms. The molecule has 4 heteroatoms. The number of aromatic nitrogens is 2. The quantitative estimate of drug-likeness (QED) is 0.680. The summed E-state index contributed by atoms with van der Waals surface area (Å²) in [6.45, 7) is 7.55. The minimum absolute atomic E-state index is 0.703. The number of hydrogen-bond donors (Lipinski definition) is 1. The lowest BCUT2D eigenvalue weighted by molar-refractivity contribution is 0.125. The number of hydrogen-bond acceptors (Lipinski definition) is 4. The molecule has 0 aliphatic rings. The van der Waals surface area contributed by atoms with Crippen LogP contribution in [0.2, 0.25) is 0 Å². The molecule has 0 aliphatic carbocycles. The molecule has 0 unspecified atom stereocenters. The van der Waals surface area contributed by atoms with Crippen LogP contribution in [0.25, 0.3) is 0 Å². The number of nitrogens with one attached hydrogen (secondary N) is 1. The van der Waals surface area contributed by atoms with Crippen LogP contribution in [0, 0.1) is 5.92 Å². The molecule has 1 heterocycles. The summed E-state index contributed by atoms with van der Waals surface area (Å²) in [7, 11) is 0. The fourth-order valence-electron chi connectivity index (χ4n) is 1.19. The van der Waals surface area contributed by atoms with Crippen LogP contribution in [0.4, 0.5) is 0 Å². The van der Waals surface area contributed by atoms with Gasteiger partial charge < -0.3 is 10.1 Å². The highest BCUT2D eigenvalue weighted by Gasteiger charge is 1.95. The van der Waals surface area contributed by atoms with Crippen LogP contribution in [0.15, 0.2) is 18.5 Å². The second-order valence-electron chi connectivity index (χ2n) is 4.14. The van der Waals surface area contributed by atoms with Crippen molar-refractivity contribution in [2.45, 2.75) is 26.8 Å². The fourth-order valence-corrected chi connectivity index (χ4v) is 1.19. The lowest BCUT2D eigenvalue weighted by atomic mass is 10.1. The third kappa shape index (κ3) is 6.48. The Kier molecular flexibility index (Phi) is 6.69. The van der Waals surface area contributed by atoms with Crippen molar-refractivity contribution in [2.75, 3.05) is 19.8 Å². The first-order valence-corrected chi connectivity index (χ1v) is 5.83. The maximum absolute atomic E-state index is 5.48. The predicted octanol–water partition coefficient (Wildman–Crippen LogP) is 1.63. The van der Waals surface area contributed by atoms with Crippen molar-refractivity contribution in [1.82, 2.24) is 15.3 Å². The van der Waals surface area contributed by atoms with E-state index in [9.17, 15) is 0 Å². The molecule has 0 fully saturated rings. The normalized spacial score (nSPS) is 10.9. The highest BCUT2D eigenvalue weighted by Crippen LogP contribution is 1.98. The van der Waals surface area contributed by atoms with E-state index >= 15 is 0 Å². The first-order chi connectivity index (χ1) is 7.79. The van der Waals surface area contributed by atoms with Gasteiger partial charge >= 0.3 is 0 Å². The van der Waals surface area contributed by atoms with Crippen LogP contribution in [-0.4, -0.2) is 29.7 Å². The molecule has 1 aromatic rings. The van der Waals surface area contributed by atoms with E-state index < -0.39 is 0 Å². The molecule has 0 spiro atoms. The lowest BCUT2D eigenvalue weighted by Gasteiger charge is -2.07. The summed E-state index contributed by atoms with van der Waals surface area (Å²) in [5, 5.41) is 3.24. The molecule has 1 N–H and O–H groups in total. The highest BCUT2D eigenvalue weighted by molar-refractivity contribution is 4.87. The van der Waals surface area contributed by atoms with Gasteiger partial charge in [0.2, 0.25) is 0 Å².